The first-order valence-electron chi connectivity index (χ1n) is 5.52. The lowest BCUT2D eigenvalue weighted by atomic mass is 9.98. The van der Waals surface area contributed by atoms with E-state index in [9.17, 15) is 4.79 Å². The molecule has 0 aromatic heterocycles. The van der Waals surface area contributed by atoms with Crippen LogP contribution in [0.3, 0.4) is 0 Å². The minimum absolute atomic E-state index is 0.0123. The van der Waals surface area contributed by atoms with Crippen molar-refractivity contribution in [2.24, 2.45) is 5.41 Å². The Hall–Kier alpha value is -1.17. The molecule has 1 fully saturated rings. The van der Waals surface area contributed by atoms with Crippen molar-refractivity contribution in [1.82, 2.24) is 10.2 Å². The summed E-state index contributed by atoms with van der Waals surface area (Å²) in [4.78, 5) is 13.4. The fourth-order valence-corrected chi connectivity index (χ4v) is 1.46. The molecule has 0 aromatic rings. The van der Waals surface area contributed by atoms with Crippen LogP contribution in [0.25, 0.3) is 0 Å². The fourth-order valence-electron chi connectivity index (χ4n) is 1.46. The Balaban J connectivity index is 2.24. The molecule has 1 aliphatic rings. The molecule has 0 aliphatic carbocycles. The van der Waals surface area contributed by atoms with E-state index in [0.29, 0.717) is 6.54 Å². The van der Waals surface area contributed by atoms with Crippen molar-refractivity contribution in [3.63, 3.8) is 0 Å². The predicted octanol–water partition coefficient (Wildman–Crippen LogP) is 1.84. The molecule has 84 valence electrons. The zero-order valence-corrected chi connectivity index (χ0v) is 9.89. The van der Waals surface area contributed by atoms with Gasteiger partial charge in [-0.1, -0.05) is 11.8 Å². The quantitative estimate of drug-likeness (QED) is 0.655. The van der Waals surface area contributed by atoms with Crippen LogP contribution in [0, 0.1) is 17.3 Å². The summed E-state index contributed by atoms with van der Waals surface area (Å²) in [7, 11) is 0. The third-order valence-corrected chi connectivity index (χ3v) is 2.18. The normalized spacial score (nSPS) is 15.8. The van der Waals surface area contributed by atoms with Gasteiger partial charge in [0.05, 0.1) is 6.54 Å². The van der Waals surface area contributed by atoms with Crippen LogP contribution in [0.1, 0.15) is 33.6 Å². The zero-order valence-electron chi connectivity index (χ0n) is 9.89. The van der Waals surface area contributed by atoms with Gasteiger partial charge in [0.2, 0.25) is 0 Å². The zero-order chi connectivity index (χ0) is 11.3. The van der Waals surface area contributed by atoms with Crippen LogP contribution in [0.5, 0.6) is 0 Å². The molecule has 1 N–H and O–H groups in total. The molecule has 0 bridgehead atoms. The summed E-state index contributed by atoms with van der Waals surface area (Å²) in [5.41, 5.74) is 0.0123. The Morgan fingerprint density at radius 1 is 1.33 bits per heavy atom. The summed E-state index contributed by atoms with van der Waals surface area (Å²) in [6, 6.07) is 0.0238. The van der Waals surface area contributed by atoms with Gasteiger partial charge in [-0.05, 0) is 33.6 Å². The van der Waals surface area contributed by atoms with Gasteiger partial charge >= 0.3 is 6.03 Å². The number of hydrogen-bond acceptors (Lipinski definition) is 1. The summed E-state index contributed by atoms with van der Waals surface area (Å²) in [5.74, 6) is 6.06. The average molecular weight is 208 g/mol. The Morgan fingerprint density at radius 3 is 2.47 bits per heavy atom. The smallest absolute Gasteiger partial charge is 0.318 e. The van der Waals surface area contributed by atoms with Crippen molar-refractivity contribution < 1.29 is 4.79 Å². The van der Waals surface area contributed by atoms with Crippen molar-refractivity contribution in [1.29, 1.82) is 0 Å². The summed E-state index contributed by atoms with van der Waals surface area (Å²) in [6.07, 6.45) is 2.25. The Bertz CT molecular complexity index is 274. The lowest BCUT2D eigenvalue weighted by Gasteiger charge is -2.14. The molecule has 0 unspecified atom stereocenters. The molecule has 0 spiro atoms. The molecule has 0 saturated carbocycles. The molecule has 1 saturated heterocycles. The van der Waals surface area contributed by atoms with E-state index in [0.717, 1.165) is 25.9 Å². The monoisotopic (exact) mass is 208 g/mol. The van der Waals surface area contributed by atoms with Gasteiger partial charge in [0.25, 0.3) is 0 Å². The Labute approximate surface area is 92.2 Å². The molecule has 1 aliphatic heterocycles. The summed E-state index contributed by atoms with van der Waals surface area (Å²) < 4.78 is 0. The average Bonchev–Trinajstić information content (AvgIpc) is 2.63. The first-order chi connectivity index (χ1) is 6.99. The Kier molecular flexibility index (Phi) is 4.02. The maximum Gasteiger partial charge on any atom is 0.318 e. The van der Waals surface area contributed by atoms with Crippen molar-refractivity contribution in [2.75, 3.05) is 19.6 Å². The number of hydrogen-bond donors (Lipinski definition) is 1. The molecular formula is C12H20N2O. The summed E-state index contributed by atoms with van der Waals surface area (Å²) in [5, 5.41) is 2.81. The number of likely N-dealkylation sites (tertiary alicyclic amines) is 1. The van der Waals surface area contributed by atoms with E-state index < -0.39 is 0 Å². The van der Waals surface area contributed by atoms with E-state index in [1.165, 1.54) is 0 Å². The maximum absolute atomic E-state index is 11.5. The predicted molar refractivity (Wildman–Crippen MR) is 61.4 cm³/mol. The van der Waals surface area contributed by atoms with Crippen LogP contribution in [0.15, 0.2) is 0 Å². The number of urea groups is 1. The highest BCUT2D eigenvalue weighted by atomic mass is 16.2. The van der Waals surface area contributed by atoms with Crippen LogP contribution >= 0.6 is 0 Å². The highest BCUT2D eigenvalue weighted by molar-refractivity contribution is 5.74. The molecule has 3 heteroatoms. The number of carbonyl (C=O) groups is 1. The second-order valence-electron chi connectivity index (χ2n) is 4.90. The van der Waals surface area contributed by atoms with Crippen LogP contribution in [0.2, 0.25) is 0 Å². The first-order valence-corrected chi connectivity index (χ1v) is 5.52. The second kappa shape index (κ2) is 5.06. The second-order valence-corrected chi connectivity index (χ2v) is 4.90. The van der Waals surface area contributed by atoms with Crippen LogP contribution < -0.4 is 5.32 Å². The highest BCUT2D eigenvalue weighted by Gasteiger charge is 2.16. The topological polar surface area (TPSA) is 32.3 Å². The molecular weight excluding hydrogens is 188 g/mol. The highest BCUT2D eigenvalue weighted by Crippen LogP contribution is 2.09. The van der Waals surface area contributed by atoms with Crippen LogP contribution in [-0.2, 0) is 0 Å². The van der Waals surface area contributed by atoms with E-state index >= 15 is 0 Å². The van der Waals surface area contributed by atoms with Gasteiger partial charge in [-0.25, -0.2) is 4.79 Å². The van der Waals surface area contributed by atoms with Gasteiger partial charge in [0, 0.05) is 18.5 Å². The van der Waals surface area contributed by atoms with E-state index in [1.807, 2.05) is 4.90 Å². The minimum Gasteiger partial charge on any atom is -0.327 e. The molecule has 0 radical (unpaired) electrons. The van der Waals surface area contributed by atoms with Crippen molar-refractivity contribution >= 4 is 6.03 Å². The SMILES string of the molecule is CC(C)(C)C#CCNC(=O)N1CCCC1. The number of rotatable bonds is 1. The van der Waals surface area contributed by atoms with Gasteiger partial charge in [-0.3, -0.25) is 0 Å². The maximum atomic E-state index is 11.5. The van der Waals surface area contributed by atoms with Gasteiger partial charge in [0.15, 0.2) is 0 Å². The van der Waals surface area contributed by atoms with Gasteiger partial charge in [-0.15, -0.1) is 0 Å². The van der Waals surface area contributed by atoms with E-state index in [1.54, 1.807) is 0 Å². The standard InChI is InChI=1S/C12H20N2O/c1-12(2,3)7-6-8-13-11(15)14-9-4-5-10-14/h4-5,8-10H2,1-3H3,(H,13,15). The van der Waals surface area contributed by atoms with Crippen LogP contribution in [-0.4, -0.2) is 30.6 Å². The van der Waals surface area contributed by atoms with E-state index in [-0.39, 0.29) is 11.4 Å². The van der Waals surface area contributed by atoms with Gasteiger partial charge in [0.1, 0.15) is 0 Å². The lowest BCUT2D eigenvalue weighted by Crippen LogP contribution is -2.38. The molecule has 1 rings (SSSR count). The van der Waals surface area contributed by atoms with Crippen molar-refractivity contribution in [3.8, 4) is 11.8 Å². The minimum atomic E-state index is 0.0123. The van der Waals surface area contributed by atoms with Gasteiger partial charge < -0.3 is 10.2 Å². The number of carbonyl (C=O) groups excluding carboxylic acids is 1. The lowest BCUT2D eigenvalue weighted by molar-refractivity contribution is 0.210. The largest absolute Gasteiger partial charge is 0.327 e. The fraction of sp³-hybridized carbons (Fsp3) is 0.750. The van der Waals surface area contributed by atoms with Gasteiger partial charge in [-0.2, -0.15) is 0 Å². The molecule has 3 nitrogen and oxygen atoms in total. The Morgan fingerprint density at radius 2 is 1.93 bits per heavy atom. The molecule has 2 amide bonds. The number of amides is 2. The molecule has 15 heavy (non-hydrogen) atoms. The molecule has 0 aromatic carbocycles. The third kappa shape index (κ3) is 4.73. The van der Waals surface area contributed by atoms with E-state index in [2.05, 4.69) is 37.9 Å². The number of nitrogens with one attached hydrogen (secondary N) is 1. The van der Waals surface area contributed by atoms with Crippen molar-refractivity contribution in [2.45, 2.75) is 33.6 Å². The first kappa shape index (κ1) is 11.9. The number of nitrogens with zero attached hydrogens (tertiary/aromatic N) is 1. The van der Waals surface area contributed by atoms with Crippen molar-refractivity contribution in [3.05, 3.63) is 0 Å². The van der Waals surface area contributed by atoms with E-state index in [4.69, 9.17) is 0 Å². The summed E-state index contributed by atoms with van der Waals surface area (Å²) in [6.45, 7) is 8.40. The molecule has 0 atom stereocenters. The van der Waals surface area contributed by atoms with Crippen LogP contribution in [0.4, 0.5) is 4.79 Å². The summed E-state index contributed by atoms with van der Waals surface area (Å²) >= 11 is 0. The third-order valence-electron chi connectivity index (χ3n) is 2.18. The molecule has 1 heterocycles.